The summed E-state index contributed by atoms with van der Waals surface area (Å²) in [6, 6.07) is 0. The number of hydrogen-bond donors (Lipinski definition) is 2. The van der Waals surface area contributed by atoms with E-state index in [9.17, 15) is 9.90 Å². The second-order valence-electron chi connectivity index (χ2n) is 4.75. The van der Waals surface area contributed by atoms with E-state index < -0.39 is 6.10 Å². The van der Waals surface area contributed by atoms with Crippen LogP contribution in [0.3, 0.4) is 0 Å². The second-order valence-corrected chi connectivity index (χ2v) is 4.75. The van der Waals surface area contributed by atoms with E-state index in [1.807, 2.05) is 13.8 Å². The van der Waals surface area contributed by atoms with Gasteiger partial charge in [-0.3, -0.25) is 9.89 Å². The molecule has 1 amide bonds. The number of H-pyrrole nitrogens is 1. The lowest BCUT2D eigenvalue weighted by Gasteiger charge is -2.29. The number of carbonyl (C=O) groups is 1. The zero-order valence-corrected chi connectivity index (χ0v) is 10.2. The van der Waals surface area contributed by atoms with Crippen LogP contribution >= 0.6 is 0 Å². The molecule has 0 radical (unpaired) electrons. The molecule has 2 heterocycles. The highest BCUT2D eigenvalue weighted by molar-refractivity contribution is 5.90. The SMILES string of the molecule is CC(C)c1nc(C(=O)N2CCCC(O)C2)n[nH]1. The Morgan fingerprint density at radius 1 is 1.59 bits per heavy atom. The summed E-state index contributed by atoms with van der Waals surface area (Å²) in [5, 5.41) is 16.2. The molecule has 6 nitrogen and oxygen atoms in total. The summed E-state index contributed by atoms with van der Waals surface area (Å²) < 4.78 is 0. The van der Waals surface area contributed by atoms with Crippen LogP contribution in [0.25, 0.3) is 0 Å². The minimum atomic E-state index is -0.420. The van der Waals surface area contributed by atoms with E-state index in [2.05, 4.69) is 15.2 Å². The average molecular weight is 238 g/mol. The molecule has 1 aliphatic heterocycles. The summed E-state index contributed by atoms with van der Waals surface area (Å²) in [6.45, 7) is 5.02. The summed E-state index contributed by atoms with van der Waals surface area (Å²) in [6.07, 6.45) is 1.17. The summed E-state index contributed by atoms with van der Waals surface area (Å²) in [5.74, 6) is 0.927. The van der Waals surface area contributed by atoms with Crippen LogP contribution in [0.4, 0.5) is 0 Å². The molecule has 1 aliphatic rings. The third-order valence-corrected chi connectivity index (χ3v) is 2.92. The van der Waals surface area contributed by atoms with Gasteiger partial charge in [0.1, 0.15) is 5.82 Å². The largest absolute Gasteiger partial charge is 0.391 e. The van der Waals surface area contributed by atoms with Gasteiger partial charge >= 0.3 is 0 Å². The van der Waals surface area contributed by atoms with Gasteiger partial charge < -0.3 is 10.0 Å². The number of aromatic amines is 1. The first kappa shape index (κ1) is 12.0. The van der Waals surface area contributed by atoms with Crippen molar-refractivity contribution in [3.8, 4) is 0 Å². The highest BCUT2D eigenvalue weighted by Crippen LogP contribution is 2.13. The molecule has 6 heteroatoms. The van der Waals surface area contributed by atoms with E-state index >= 15 is 0 Å². The second kappa shape index (κ2) is 4.83. The van der Waals surface area contributed by atoms with E-state index in [-0.39, 0.29) is 17.6 Å². The maximum Gasteiger partial charge on any atom is 0.293 e. The number of amides is 1. The number of nitrogens with zero attached hydrogens (tertiary/aromatic N) is 3. The fourth-order valence-corrected chi connectivity index (χ4v) is 1.91. The number of rotatable bonds is 2. The lowest BCUT2D eigenvalue weighted by molar-refractivity contribution is 0.0464. The molecular formula is C11H18N4O2. The molecule has 1 unspecified atom stereocenters. The van der Waals surface area contributed by atoms with Crippen molar-refractivity contribution in [1.82, 2.24) is 20.1 Å². The first-order valence-electron chi connectivity index (χ1n) is 5.97. The van der Waals surface area contributed by atoms with Crippen LogP contribution in [-0.2, 0) is 0 Å². The average Bonchev–Trinajstić information content (AvgIpc) is 2.77. The first-order valence-corrected chi connectivity index (χ1v) is 5.97. The Morgan fingerprint density at radius 3 is 2.94 bits per heavy atom. The van der Waals surface area contributed by atoms with Crippen LogP contribution in [0.5, 0.6) is 0 Å². The number of likely N-dealkylation sites (tertiary alicyclic amines) is 1. The predicted molar refractivity (Wildman–Crippen MR) is 61.6 cm³/mol. The minimum absolute atomic E-state index is 0.197. The smallest absolute Gasteiger partial charge is 0.293 e. The van der Waals surface area contributed by atoms with Crippen LogP contribution in [0.15, 0.2) is 0 Å². The van der Waals surface area contributed by atoms with E-state index in [0.717, 1.165) is 12.8 Å². The Hall–Kier alpha value is -1.43. The van der Waals surface area contributed by atoms with Crippen molar-refractivity contribution in [3.63, 3.8) is 0 Å². The summed E-state index contributed by atoms with van der Waals surface area (Å²) >= 11 is 0. The third-order valence-electron chi connectivity index (χ3n) is 2.92. The van der Waals surface area contributed by atoms with Crippen molar-refractivity contribution in [2.75, 3.05) is 13.1 Å². The number of hydrogen-bond acceptors (Lipinski definition) is 4. The molecule has 0 aliphatic carbocycles. The van der Waals surface area contributed by atoms with Gasteiger partial charge in [-0.1, -0.05) is 13.8 Å². The number of aliphatic hydroxyl groups is 1. The maximum absolute atomic E-state index is 12.1. The van der Waals surface area contributed by atoms with Crippen LogP contribution in [0, 0.1) is 0 Å². The Morgan fingerprint density at radius 2 is 2.35 bits per heavy atom. The van der Waals surface area contributed by atoms with Gasteiger partial charge in [-0.2, -0.15) is 0 Å². The highest BCUT2D eigenvalue weighted by atomic mass is 16.3. The number of β-amino-alcohol motifs (C(OH)–C–C–N with tert-alkyl or cyclic N) is 1. The number of aliphatic hydroxyl groups excluding tert-OH is 1. The zero-order valence-electron chi connectivity index (χ0n) is 10.2. The fourth-order valence-electron chi connectivity index (χ4n) is 1.91. The van der Waals surface area contributed by atoms with Crippen molar-refractivity contribution in [2.24, 2.45) is 0 Å². The van der Waals surface area contributed by atoms with Crippen molar-refractivity contribution in [1.29, 1.82) is 0 Å². The van der Waals surface area contributed by atoms with E-state index in [1.165, 1.54) is 0 Å². The van der Waals surface area contributed by atoms with Crippen LogP contribution < -0.4 is 0 Å². The van der Waals surface area contributed by atoms with Gasteiger partial charge in [-0.15, -0.1) is 5.10 Å². The minimum Gasteiger partial charge on any atom is -0.391 e. The van der Waals surface area contributed by atoms with Gasteiger partial charge in [0, 0.05) is 19.0 Å². The maximum atomic E-state index is 12.1. The Balaban J connectivity index is 2.07. The van der Waals surface area contributed by atoms with E-state index in [1.54, 1.807) is 4.90 Å². The Labute approximate surface area is 100 Å². The number of aromatic nitrogens is 3. The first-order chi connectivity index (χ1) is 8.08. The lowest BCUT2D eigenvalue weighted by atomic mass is 10.1. The number of nitrogens with one attached hydrogen (secondary N) is 1. The molecule has 2 N–H and O–H groups in total. The molecule has 1 fully saturated rings. The van der Waals surface area contributed by atoms with E-state index in [0.29, 0.717) is 18.9 Å². The van der Waals surface area contributed by atoms with Gasteiger partial charge in [-0.05, 0) is 12.8 Å². The Kier molecular flexibility index (Phi) is 3.42. The Bertz CT molecular complexity index is 402. The molecule has 1 aromatic rings. The van der Waals surface area contributed by atoms with Crippen molar-refractivity contribution in [2.45, 2.75) is 38.7 Å². The van der Waals surface area contributed by atoms with Gasteiger partial charge in [0.15, 0.2) is 0 Å². The molecule has 17 heavy (non-hydrogen) atoms. The quantitative estimate of drug-likeness (QED) is 0.787. The lowest BCUT2D eigenvalue weighted by Crippen LogP contribution is -2.42. The molecule has 2 rings (SSSR count). The molecule has 1 saturated heterocycles. The predicted octanol–water partition coefficient (Wildman–Crippen LogP) is 0.525. The topological polar surface area (TPSA) is 82.1 Å². The van der Waals surface area contributed by atoms with Crippen LogP contribution in [0.1, 0.15) is 49.1 Å². The summed E-state index contributed by atoms with van der Waals surface area (Å²) in [7, 11) is 0. The molecule has 0 bridgehead atoms. The molecule has 0 saturated carbocycles. The summed E-state index contributed by atoms with van der Waals surface area (Å²) in [5.41, 5.74) is 0. The highest BCUT2D eigenvalue weighted by Gasteiger charge is 2.25. The molecule has 94 valence electrons. The van der Waals surface area contributed by atoms with Crippen molar-refractivity contribution < 1.29 is 9.90 Å². The van der Waals surface area contributed by atoms with Crippen molar-refractivity contribution >= 4 is 5.91 Å². The number of piperidine rings is 1. The van der Waals surface area contributed by atoms with Gasteiger partial charge in [0.05, 0.1) is 6.10 Å². The van der Waals surface area contributed by atoms with E-state index in [4.69, 9.17) is 0 Å². The molecule has 1 atom stereocenters. The summed E-state index contributed by atoms with van der Waals surface area (Å²) in [4.78, 5) is 17.8. The number of carbonyl (C=O) groups excluding carboxylic acids is 1. The van der Waals surface area contributed by atoms with Gasteiger partial charge in [0.2, 0.25) is 5.82 Å². The molecular weight excluding hydrogens is 220 g/mol. The third kappa shape index (κ3) is 2.63. The van der Waals surface area contributed by atoms with Gasteiger partial charge in [-0.25, -0.2) is 4.98 Å². The van der Waals surface area contributed by atoms with Gasteiger partial charge in [0.25, 0.3) is 5.91 Å². The van der Waals surface area contributed by atoms with Crippen LogP contribution in [0.2, 0.25) is 0 Å². The van der Waals surface area contributed by atoms with Crippen LogP contribution in [-0.4, -0.2) is 50.3 Å². The zero-order chi connectivity index (χ0) is 12.4. The molecule has 1 aromatic heterocycles. The monoisotopic (exact) mass is 238 g/mol. The molecule has 0 spiro atoms. The van der Waals surface area contributed by atoms with Crippen molar-refractivity contribution in [3.05, 3.63) is 11.6 Å². The standard InChI is InChI=1S/C11H18N4O2/c1-7(2)9-12-10(14-13-9)11(17)15-5-3-4-8(16)6-15/h7-8,16H,3-6H2,1-2H3,(H,12,13,14). The molecule has 0 aromatic carbocycles. The normalized spacial score (nSPS) is 20.9. The fraction of sp³-hybridized carbons (Fsp3) is 0.727.